The van der Waals surface area contributed by atoms with Crippen LogP contribution < -0.4 is 0 Å². The van der Waals surface area contributed by atoms with Gasteiger partial charge in [-0.25, -0.2) is 18.6 Å². The van der Waals surface area contributed by atoms with Crippen molar-refractivity contribution in [3.8, 4) is 0 Å². The molecule has 70 valence electrons. The average Bonchev–Trinajstić information content (AvgIpc) is 2.04. The van der Waals surface area contributed by atoms with Crippen molar-refractivity contribution >= 4 is 28.6 Å². The molecule has 0 amide bonds. The lowest BCUT2D eigenvalue weighted by atomic mass is 10.3. The summed E-state index contributed by atoms with van der Waals surface area (Å²) < 4.78 is 24.5. The number of carboxylic acid groups (broad SMARTS) is 1. The fourth-order valence-electron chi connectivity index (χ4n) is 0.729. The molecule has 1 aromatic heterocycles. The maximum absolute atomic E-state index is 12.1. The van der Waals surface area contributed by atoms with Crippen LogP contribution in [0.1, 0.15) is 22.6 Å². The number of carbonyl (C=O) groups is 1. The highest BCUT2D eigenvalue weighted by Gasteiger charge is 2.15. The van der Waals surface area contributed by atoms with Crippen molar-refractivity contribution in [3.05, 3.63) is 27.1 Å². The van der Waals surface area contributed by atoms with Crippen LogP contribution in [0.3, 0.4) is 0 Å². The molecule has 6 heteroatoms. The van der Waals surface area contributed by atoms with Crippen LogP contribution in [0.4, 0.5) is 8.78 Å². The second-order valence-corrected chi connectivity index (χ2v) is 3.33. The Morgan fingerprint density at radius 3 is 2.62 bits per heavy atom. The molecule has 0 spiro atoms. The number of rotatable bonds is 2. The van der Waals surface area contributed by atoms with E-state index in [1.54, 1.807) is 22.6 Å². The minimum Gasteiger partial charge on any atom is -0.476 e. The van der Waals surface area contributed by atoms with Gasteiger partial charge < -0.3 is 5.11 Å². The van der Waals surface area contributed by atoms with Crippen LogP contribution in [0.5, 0.6) is 0 Å². The van der Waals surface area contributed by atoms with E-state index < -0.39 is 18.1 Å². The Labute approximate surface area is 85.9 Å². The van der Waals surface area contributed by atoms with E-state index in [1.165, 1.54) is 6.07 Å². The molecule has 1 heterocycles. The van der Waals surface area contributed by atoms with Gasteiger partial charge in [-0.2, -0.15) is 0 Å². The van der Waals surface area contributed by atoms with Crippen LogP contribution >= 0.6 is 22.6 Å². The van der Waals surface area contributed by atoms with Gasteiger partial charge in [-0.1, -0.05) is 0 Å². The van der Waals surface area contributed by atoms with Crippen molar-refractivity contribution in [1.29, 1.82) is 0 Å². The number of hydrogen-bond donors (Lipinski definition) is 1. The molecule has 0 bridgehead atoms. The van der Waals surface area contributed by atoms with Crippen molar-refractivity contribution < 1.29 is 18.7 Å². The fourth-order valence-corrected chi connectivity index (χ4v) is 1.26. The van der Waals surface area contributed by atoms with E-state index in [0.29, 0.717) is 3.57 Å². The molecular formula is C7H4F2INO2. The monoisotopic (exact) mass is 299 g/mol. The van der Waals surface area contributed by atoms with E-state index in [-0.39, 0.29) is 5.69 Å². The zero-order valence-corrected chi connectivity index (χ0v) is 8.33. The van der Waals surface area contributed by atoms with Crippen molar-refractivity contribution in [2.75, 3.05) is 0 Å². The number of carboxylic acids is 1. The average molecular weight is 299 g/mol. The molecule has 0 aliphatic carbocycles. The summed E-state index contributed by atoms with van der Waals surface area (Å²) in [6, 6.07) is 2.41. The van der Waals surface area contributed by atoms with Gasteiger partial charge in [-0.15, -0.1) is 0 Å². The minimum absolute atomic E-state index is 0.335. The Bertz CT molecular complexity index is 343. The molecule has 1 rings (SSSR count). The molecule has 1 N–H and O–H groups in total. The lowest BCUT2D eigenvalue weighted by Gasteiger charge is -2.01. The molecule has 0 fully saturated rings. The summed E-state index contributed by atoms with van der Waals surface area (Å²) in [4.78, 5) is 13.8. The van der Waals surface area contributed by atoms with Gasteiger partial charge in [-0.3, -0.25) is 0 Å². The van der Waals surface area contributed by atoms with Gasteiger partial charge in [0.15, 0.2) is 5.69 Å². The molecule has 0 aromatic carbocycles. The van der Waals surface area contributed by atoms with Crippen molar-refractivity contribution in [1.82, 2.24) is 4.98 Å². The molecule has 13 heavy (non-hydrogen) atoms. The number of halogens is 3. The highest BCUT2D eigenvalue weighted by molar-refractivity contribution is 14.1. The van der Waals surface area contributed by atoms with Gasteiger partial charge in [0.1, 0.15) is 5.69 Å². The second kappa shape index (κ2) is 3.95. The van der Waals surface area contributed by atoms with Crippen LogP contribution in [0.2, 0.25) is 0 Å². The molecule has 0 atom stereocenters. The number of nitrogens with zero attached hydrogens (tertiary/aromatic N) is 1. The second-order valence-electron chi connectivity index (χ2n) is 2.17. The zero-order chi connectivity index (χ0) is 10.0. The van der Waals surface area contributed by atoms with Gasteiger partial charge in [-0.05, 0) is 34.7 Å². The van der Waals surface area contributed by atoms with E-state index in [9.17, 15) is 13.6 Å². The summed E-state index contributed by atoms with van der Waals surface area (Å²) >= 11 is 1.73. The third-order valence-corrected chi connectivity index (χ3v) is 2.16. The van der Waals surface area contributed by atoms with Crippen molar-refractivity contribution in [2.24, 2.45) is 0 Å². The van der Waals surface area contributed by atoms with Gasteiger partial charge >= 0.3 is 5.97 Å². The molecular weight excluding hydrogens is 295 g/mol. The quantitative estimate of drug-likeness (QED) is 0.853. The van der Waals surface area contributed by atoms with Crippen LogP contribution in [0, 0.1) is 3.57 Å². The normalized spacial score (nSPS) is 10.5. The van der Waals surface area contributed by atoms with Gasteiger partial charge in [0.25, 0.3) is 6.43 Å². The van der Waals surface area contributed by atoms with Crippen LogP contribution in [-0.2, 0) is 0 Å². The molecule has 0 aliphatic heterocycles. The van der Waals surface area contributed by atoms with Gasteiger partial charge in [0.05, 0.1) is 0 Å². The predicted octanol–water partition coefficient (Wildman–Crippen LogP) is 2.32. The first-order valence-corrected chi connectivity index (χ1v) is 4.28. The Morgan fingerprint density at radius 2 is 2.15 bits per heavy atom. The summed E-state index contributed by atoms with van der Waals surface area (Å²) in [7, 11) is 0. The lowest BCUT2D eigenvalue weighted by Crippen LogP contribution is -2.05. The van der Waals surface area contributed by atoms with E-state index >= 15 is 0 Å². The Balaban J connectivity index is 3.19. The predicted molar refractivity (Wildman–Crippen MR) is 48.9 cm³/mol. The molecule has 0 unspecified atom stereocenters. The smallest absolute Gasteiger partial charge is 0.355 e. The third kappa shape index (κ3) is 2.33. The molecule has 0 aliphatic rings. The maximum Gasteiger partial charge on any atom is 0.355 e. The Hall–Kier alpha value is -0.790. The van der Waals surface area contributed by atoms with Gasteiger partial charge in [0.2, 0.25) is 0 Å². The maximum atomic E-state index is 12.1. The SMILES string of the molecule is O=C(O)c1nc(C(F)F)ccc1I. The van der Waals surface area contributed by atoms with Crippen LogP contribution in [-0.4, -0.2) is 16.1 Å². The number of alkyl halides is 2. The number of pyridine rings is 1. The summed E-state index contributed by atoms with van der Waals surface area (Å²) in [5.41, 5.74) is -0.851. The lowest BCUT2D eigenvalue weighted by molar-refractivity contribution is 0.0687. The topological polar surface area (TPSA) is 50.2 Å². The number of aromatic carboxylic acids is 1. The minimum atomic E-state index is -2.74. The van der Waals surface area contributed by atoms with E-state index in [2.05, 4.69) is 4.98 Å². The van der Waals surface area contributed by atoms with Crippen LogP contribution in [0.25, 0.3) is 0 Å². The molecule has 1 aromatic rings. The highest BCUT2D eigenvalue weighted by atomic mass is 127. The summed E-state index contributed by atoms with van der Waals surface area (Å²) in [6.07, 6.45) is -2.74. The van der Waals surface area contributed by atoms with E-state index in [1.807, 2.05) is 0 Å². The molecule has 3 nitrogen and oxygen atoms in total. The van der Waals surface area contributed by atoms with Crippen molar-refractivity contribution in [3.63, 3.8) is 0 Å². The van der Waals surface area contributed by atoms with E-state index in [4.69, 9.17) is 5.11 Å². The van der Waals surface area contributed by atoms with Crippen molar-refractivity contribution in [2.45, 2.75) is 6.43 Å². The molecule has 0 radical (unpaired) electrons. The first-order chi connectivity index (χ1) is 6.02. The fraction of sp³-hybridized carbons (Fsp3) is 0.143. The summed E-state index contributed by atoms with van der Waals surface area (Å²) in [5, 5.41) is 8.56. The van der Waals surface area contributed by atoms with Gasteiger partial charge in [0, 0.05) is 3.57 Å². The first-order valence-electron chi connectivity index (χ1n) is 3.20. The number of hydrogen-bond acceptors (Lipinski definition) is 2. The highest BCUT2D eigenvalue weighted by Crippen LogP contribution is 2.19. The summed E-state index contributed by atoms with van der Waals surface area (Å²) in [5.74, 6) is -1.30. The number of aromatic nitrogens is 1. The standard InChI is InChI=1S/C7H4F2INO2/c8-6(9)4-2-1-3(10)5(11-4)7(12)13/h1-2,6H,(H,12,13). The molecule has 0 saturated heterocycles. The van der Waals surface area contributed by atoms with Crippen LogP contribution in [0.15, 0.2) is 12.1 Å². The molecule has 0 saturated carbocycles. The largest absolute Gasteiger partial charge is 0.476 e. The van der Waals surface area contributed by atoms with E-state index in [0.717, 1.165) is 6.07 Å². The Kier molecular flexibility index (Phi) is 3.12. The third-order valence-electron chi connectivity index (χ3n) is 1.29. The summed E-state index contributed by atoms with van der Waals surface area (Å²) in [6.45, 7) is 0. The zero-order valence-electron chi connectivity index (χ0n) is 6.17. The Morgan fingerprint density at radius 1 is 1.54 bits per heavy atom. The first kappa shape index (κ1) is 10.3.